The van der Waals surface area contributed by atoms with E-state index in [1.165, 1.54) is 0 Å². The normalized spacial score (nSPS) is 28.8. The summed E-state index contributed by atoms with van der Waals surface area (Å²) in [6.45, 7) is 4.82. The molecule has 1 fully saturated rings. The average molecular weight is 190 g/mol. The van der Waals surface area contributed by atoms with Crippen molar-refractivity contribution in [1.29, 1.82) is 0 Å². The Hall–Kier alpha value is -0.220. The fourth-order valence-corrected chi connectivity index (χ4v) is 2.21. The van der Waals surface area contributed by atoms with E-state index >= 15 is 0 Å². The molecule has 1 heterocycles. The van der Waals surface area contributed by atoms with Crippen LogP contribution in [0.4, 0.5) is 0 Å². The van der Waals surface area contributed by atoms with Gasteiger partial charge in [0.25, 0.3) is 0 Å². The van der Waals surface area contributed by atoms with E-state index in [0.29, 0.717) is 19.6 Å². The standard InChI is InChI=1S/C8H14O3S/c1-3-8(7(9)10-4-2)11-5-6-12-8/h3-6H2,1-2H3. The molecular weight excluding hydrogens is 176 g/mol. The van der Waals surface area contributed by atoms with Crippen molar-refractivity contribution in [2.24, 2.45) is 0 Å². The van der Waals surface area contributed by atoms with Gasteiger partial charge in [0.15, 0.2) is 0 Å². The molecule has 1 unspecified atom stereocenters. The summed E-state index contributed by atoms with van der Waals surface area (Å²) in [4.78, 5) is 10.7. The number of carbonyl (C=O) groups is 1. The van der Waals surface area contributed by atoms with Gasteiger partial charge in [-0.3, -0.25) is 0 Å². The molecule has 0 bridgehead atoms. The Labute approximate surface area is 76.8 Å². The summed E-state index contributed by atoms with van der Waals surface area (Å²) in [7, 11) is 0. The topological polar surface area (TPSA) is 35.5 Å². The predicted molar refractivity (Wildman–Crippen MR) is 48.1 cm³/mol. The van der Waals surface area contributed by atoms with Crippen LogP contribution in [-0.2, 0) is 14.3 Å². The largest absolute Gasteiger partial charge is 0.463 e. The number of hydrogen-bond acceptors (Lipinski definition) is 4. The van der Waals surface area contributed by atoms with Crippen LogP contribution in [0.3, 0.4) is 0 Å². The van der Waals surface area contributed by atoms with E-state index in [1.54, 1.807) is 18.7 Å². The quantitative estimate of drug-likeness (QED) is 0.630. The Balaban J connectivity index is 2.59. The molecule has 12 heavy (non-hydrogen) atoms. The summed E-state index contributed by atoms with van der Waals surface area (Å²) in [5.41, 5.74) is 0. The minimum Gasteiger partial charge on any atom is -0.463 e. The van der Waals surface area contributed by atoms with Crippen molar-refractivity contribution in [3.63, 3.8) is 0 Å². The van der Waals surface area contributed by atoms with E-state index < -0.39 is 4.93 Å². The van der Waals surface area contributed by atoms with Gasteiger partial charge in [0.2, 0.25) is 4.93 Å². The Morgan fingerprint density at radius 3 is 2.83 bits per heavy atom. The molecule has 0 aliphatic carbocycles. The summed E-state index contributed by atoms with van der Waals surface area (Å²) in [6, 6.07) is 0. The molecule has 0 aromatic heterocycles. The van der Waals surface area contributed by atoms with Crippen molar-refractivity contribution in [2.45, 2.75) is 25.2 Å². The van der Waals surface area contributed by atoms with Gasteiger partial charge < -0.3 is 9.47 Å². The van der Waals surface area contributed by atoms with Gasteiger partial charge in [-0.15, -0.1) is 11.8 Å². The van der Waals surface area contributed by atoms with Crippen LogP contribution < -0.4 is 0 Å². The molecule has 4 heteroatoms. The predicted octanol–water partition coefficient (Wildman–Crippen LogP) is 1.42. The first-order chi connectivity index (χ1) is 5.75. The van der Waals surface area contributed by atoms with Gasteiger partial charge in [0.05, 0.1) is 13.2 Å². The second-order valence-corrected chi connectivity index (χ2v) is 3.88. The number of carbonyl (C=O) groups excluding carboxylic acids is 1. The molecule has 1 aliphatic rings. The zero-order chi connectivity index (χ0) is 9.03. The van der Waals surface area contributed by atoms with E-state index in [0.717, 1.165) is 5.75 Å². The Kier molecular flexibility index (Phi) is 3.40. The molecule has 0 aromatic carbocycles. The summed E-state index contributed by atoms with van der Waals surface area (Å²) < 4.78 is 10.3. The number of thioether (sulfide) groups is 1. The lowest BCUT2D eigenvalue weighted by molar-refractivity contribution is -0.159. The van der Waals surface area contributed by atoms with Crippen molar-refractivity contribution in [3.05, 3.63) is 0 Å². The van der Waals surface area contributed by atoms with Crippen molar-refractivity contribution in [3.8, 4) is 0 Å². The lowest BCUT2D eigenvalue weighted by Gasteiger charge is -2.22. The van der Waals surface area contributed by atoms with Gasteiger partial charge in [-0.05, 0) is 13.3 Å². The highest BCUT2D eigenvalue weighted by Crippen LogP contribution is 2.36. The molecule has 0 aromatic rings. The van der Waals surface area contributed by atoms with Crippen molar-refractivity contribution < 1.29 is 14.3 Å². The molecule has 1 rings (SSSR count). The van der Waals surface area contributed by atoms with Gasteiger partial charge in [0.1, 0.15) is 0 Å². The second kappa shape index (κ2) is 4.14. The monoisotopic (exact) mass is 190 g/mol. The van der Waals surface area contributed by atoms with Gasteiger partial charge >= 0.3 is 5.97 Å². The van der Waals surface area contributed by atoms with Gasteiger partial charge in [0, 0.05) is 5.75 Å². The van der Waals surface area contributed by atoms with Crippen LogP contribution in [0.2, 0.25) is 0 Å². The van der Waals surface area contributed by atoms with Gasteiger partial charge in [-0.2, -0.15) is 0 Å². The summed E-state index contributed by atoms with van der Waals surface area (Å²) in [5.74, 6) is 0.655. The van der Waals surface area contributed by atoms with Gasteiger partial charge in [-0.25, -0.2) is 4.79 Å². The zero-order valence-electron chi connectivity index (χ0n) is 7.46. The molecule has 1 aliphatic heterocycles. The SMILES string of the molecule is CCOC(=O)C1(CC)OCCS1. The Morgan fingerprint density at radius 2 is 2.42 bits per heavy atom. The maximum absolute atomic E-state index is 11.4. The first-order valence-electron chi connectivity index (χ1n) is 4.20. The molecular formula is C8H14O3S. The Bertz CT molecular complexity index is 164. The fourth-order valence-electron chi connectivity index (χ4n) is 1.16. The van der Waals surface area contributed by atoms with Crippen LogP contribution in [0, 0.1) is 0 Å². The smallest absolute Gasteiger partial charge is 0.349 e. The number of esters is 1. The molecule has 0 saturated carbocycles. The van der Waals surface area contributed by atoms with Crippen molar-refractivity contribution in [2.75, 3.05) is 19.0 Å². The molecule has 1 saturated heterocycles. The van der Waals surface area contributed by atoms with E-state index in [4.69, 9.17) is 9.47 Å². The maximum Gasteiger partial charge on any atom is 0.349 e. The highest BCUT2D eigenvalue weighted by atomic mass is 32.2. The lowest BCUT2D eigenvalue weighted by atomic mass is 10.3. The summed E-state index contributed by atoms with van der Waals surface area (Å²) in [6.07, 6.45) is 0.677. The minimum atomic E-state index is -0.698. The van der Waals surface area contributed by atoms with Crippen LogP contribution in [0.15, 0.2) is 0 Å². The second-order valence-electron chi connectivity index (χ2n) is 2.52. The average Bonchev–Trinajstić information content (AvgIpc) is 2.54. The molecule has 1 atom stereocenters. The van der Waals surface area contributed by atoms with E-state index in [1.807, 2.05) is 6.92 Å². The maximum atomic E-state index is 11.4. The first-order valence-corrected chi connectivity index (χ1v) is 5.19. The third-order valence-electron chi connectivity index (χ3n) is 1.81. The fraction of sp³-hybridized carbons (Fsp3) is 0.875. The van der Waals surface area contributed by atoms with E-state index in [9.17, 15) is 4.79 Å². The summed E-state index contributed by atoms with van der Waals surface area (Å²) in [5, 5.41) is 0. The Morgan fingerprint density at radius 1 is 1.67 bits per heavy atom. The van der Waals surface area contributed by atoms with Crippen molar-refractivity contribution in [1.82, 2.24) is 0 Å². The van der Waals surface area contributed by atoms with Crippen LogP contribution in [0.1, 0.15) is 20.3 Å². The first kappa shape index (κ1) is 9.86. The van der Waals surface area contributed by atoms with Gasteiger partial charge in [-0.1, -0.05) is 6.92 Å². The number of rotatable bonds is 3. The molecule has 70 valence electrons. The van der Waals surface area contributed by atoms with Crippen LogP contribution in [0.5, 0.6) is 0 Å². The van der Waals surface area contributed by atoms with Crippen LogP contribution in [0.25, 0.3) is 0 Å². The van der Waals surface area contributed by atoms with Crippen molar-refractivity contribution >= 4 is 17.7 Å². The lowest BCUT2D eigenvalue weighted by Crippen LogP contribution is -2.35. The molecule has 0 spiro atoms. The molecule has 0 amide bonds. The highest BCUT2D eigenvalue weighted by molar-refractivity contribution is 8.01. The summed E-state index contributed by atoms with van der Waals surface area (Å²) >= 11 is 1.54. The third kappa shape index (κ3) is 1.75. The minimum absolute atomic E-state index is 0.227. The highest BCUT2D eigenvalue weighted by Gasteiger charge is 2.43. The molecule has 0 radical (unpaired) electrons. The molecule has 3 nitrogen and oxygen atoms in total. The van der Waals surface area contributed by atoms with Crippen LogP contribution >= 0.6 is 11.8 Å². The number of ether oxygens (including phenoxy) is 2. The van der Waals surface area contributed by atoms with Crippen LogP contribution in [-0.4, -0.2) is 29.9 Å². The zero-order valence-corrected chi connectivity index (χ0v) is 8.28. The van der Waals surface area contributed by atoms with E-state index in [2.05, 4.69) is 0 Å². The number of hydrogen-bond donors (Lipinski definition) is 0. The third-order valence-corrected chi connectivity index (χ3v) is 3.22. The molecule has 0 N–H and O–H groups in total. The van der Waals surface area contributed by atoms with E-state index in [-0.39, 0.29) is 5.97 Å².